The van der Waals surface area contributed by atoms with Gasteiger partial charge in [0.2, 0.25) is 0 Å². The topological polar surface area (TPSA) is 32.3 Å². The van der Waals surface area contributed by atoms with Crippen LogP contribution >= 0.6 is 11.8 Å². The van der Waals surface area contributed by atoms with Crippen molar-refractivity contribution < 1.29 is 9.18 Å². The maximum absolute atomic E-state index is 14.0. The summed E-state index contributed by atoms with van der Waals surface area (Å²) >= 11 is 1.59. The number of rotatable bonds is 2. The lowest BCUT2D eigenvalue weighted by Gasteiger charge is -2.25. The van der Waals surface area contributed by atoms with Gasteiger partial charge >= 0.3 is 6.03 Å². The Morgan fingerprint density at radius 3 is 2.73 bits per heavy atom. The van der Waals surface area contributed by atoms with Crippen LogP contribution in [0.3, 0.4) is 0 Å². The number of anilines is 1. The average molecular weight is 316 g/mol. The molecule has 1 heterocycles. The predicted octanol–water partition coefficient (Wildman–Crippen LogP) is 4.41. The third kappa shape index (κ3) is 2.95. The highest BCUT2D eigenvalue weighted by molar-refractivity contribution is 7.99. The third-order valence-electron chi connectivity index (χ3n) is 3.71. The fourth-order valence-corrected chi connectivity index (χ4v) is 3.79. The molecule has 0 aliphatic carbocycles. The second kappa shape index (κ2) is 6.40. The Morgan fingerprint density at radius 1 is 1.23 bits per heavy atom. The summed E-state index contributed by atoms with van der Waals surface area (Å²) in [7, 11) is 0. The van der Waals surface area contributed by atoms with Crippen LogP contribution in [-0.2, 0) is 0 Å². The summed E-state index contributed by atoms with van der Waals surface area (Å²) in [6.45, 7) is 2.56. The number of thioether (sulfide) groups is 1. The Morgan fingerprint density at radius 2 is 1.95 bits per heavy atom. The van der Waals surface area contributed by atoms with E-state index >= 15 is 0 Å². The van der Waals surface area contributed by atoms with Crippen LogP contribution in [0.1, 0.15) is 16.5 Å². The molecule has 1 saturated heterocycles. The lowest BCUT2D eigenvalue weighted by Crippen LogP contribution is -2.34. The number of hydrogen-bond donors (Lipinski definition) is 1. The minimum absolute atomic E-state index is 0.187. The summed E-state index contributed by atoms with van der Waals surface area (Å²) in [5, 5.41) is 2.65. The number of carbonyl (C=O) groups excluding carboxylic acids is 1. The van der Waals surface area contributed by atoms with Gasteiger partial charge < -0.3 is 10.2 Å². The Hall–Kier alpha value is -2.01. The Kier molecular flexibility index (Phi) is 4.34. The van der Waals surface area contributed by atoms with E-state index in [-0.39, 0.29) is 17.2 Å². The zero-order chi connectivity index (χ0) is 15.5. The fraction of sp³-hybridized carbons (Fsp3) is 0.235. The minimum atomic E-state index is -0.273. The first-order chi connectivity index (χ1) is 10.7. The van der Waals surface area contributed by atoms with Crippen molar-refractivity contribution >= 4 is 23.5 Å². The predicted molar refractivity (Wildman–Crippen MR) is 88.5 cm³/mol. The summed E-state index contributed by atoms with van der Waals surface area (Å²) in [6.07, 6.45) is 0. The second-order valence-corrected chi connectivity index (χ2v) is 6.37. The molecule has 0 saturated carbocycles. The molecule has 1 atom stereocenters. The van der Waals surface area contributed by atoms with Crippen molar-refractivity contribution in [1.29, 1.82) is 0 Å². The first-order valence-electron chi connectivity index (χ1n) is 7.16. The van der Waals surface area contributed by atoms with Crippen LogP contribution in [-0.4, -0.2) is 23.2 Å². The number of halogens is 1. The monoisotopic (exact) mass is 316 g/mol. The molecule has 0 spiro atoms. The Bertz CT molecular complexity index is 692. The summed E-state index contributed by atoms with van der Waals surface area (Å²) in [5.41, 5.74) is 2.35. The number of hydrogen-bond acceptors (Lipinski definition) is 2. The van der Waals surface area contributed by atoms with E-state index in [1.165, 1.54) is 6.07 Å². The molecule has 3 nitrogen and oxygen atoms in total. The molecule has 0 aromatic heterocycles. The molecule has 2 aromatic carbocycles. The molecule has 22 heavy (non-hydrogen) atoms. The van der Waals surface area contributed by atoms with Crippen LogP contribution in [0, 0.1) is 12.7 Å². The van der Waals surface area contributed by atoms with Crippen molar-refractivity contribution in [1.82, 2.24) is 4.90 Å². The number of amides is 2. The van der Waals surface area contributed by atoms with Crippen molar-refractivity contribution in [3.8, 4) is 0 Å². The number of benzene rings is 2. The van der Waals surface area contributed by atoms with Gasteiger partial charge in [0, 0.05) is 23.5 Å². The van der Waals surface area contributed by atoms with E-state index in [4.69, 9.17) is 0 Å². The number of carbonyl (C=O) groups is 1. The molecule has 1 N–H and O–H groups in total. The van der Waals surface area contributed by atoms with Gasteiger partial charge in [0.1, 0.15) is 11.2 Å². The molecule has 0 radical (unpaired) electrons. The number of aryl methyl sites for hydroxylation is 1. The van der Waals surface area contributed by atoms with Gasteiger partial charge in [-0.05, 0) is 24.6 Å². The van der Waals surface area contributed by atoms with Crippen molar-refractivity contribution in [3.05, 3.63) is 65.5 Å². The number of nitrogens with zero attached hydrogens (tertiary/aromatic N) is 1. The van der Waals surface area contributed by atoms with E-state index in [0.717, 1.165) is 17.0 Å². The van der Waals surface area contributed by atoms with Gasteiger partial charge in [-0.25, -0.2) is 9.18 Å². The summed E-state index contributed by atoms with van der Waals surface area (Å²) in [4.78, 5) is 14.2. The number of urea groups is 1. The zero-order valence-electron chi connectivity index (χ0n) is 12.3. The average Bonchev–Trinajstić information content (AvgIpc) is 2.99. The van der Waals surface area contributed by atoms with Gasteiger partial charge in [0.25, 0.3) is 0 Å². The molecule has 1 aliphatic heterocycles. The van der Waals surface area contributed by atoms with Gasteiger partial charge in [-0.3, -0.25) is 0 Å². The highest BCUT2D eigenvalue weighted by Gasteiger charge is 2.32. The quantitative estimate of drug-likeness (QED) is 0.890. The maximum atomic E-state index is 14.0. The largest absolute Gasteiger partial charge is 0.323 e. The van der Waals surface area contributed by atoms with Crippen molar-refractivity contribution in [2.24, 2.45) is 0 Å². The first-order valence-corrected chi connectivity index (χ1v) is 8.21. The first kappa shape index (κ1) is 14.9. The summed E-state index contributed by atoms with van der Waals surface area (Å²) in [6, 6.07) is 14.1. The fourth-order valence-electron chi connectivity index (χ4n) is 2.51. The van der Waals surface area contributed by atoms with Crippen LogP contribution in [0.2, 0.25) is 0 Å². The lowest BCUT2D eigenvalue weighted by molar-refractivity contribution is 0.213. The minimum Gasteiger partial charge on any atom is -0.308 e. The van der Waals surface area contributed by atoms with Gasteiger partial charge in [-0.1, -0.05) is 36.4 Å². The molecule has 0 bridgehead atoms. The van der Waals surface area contributed by atoms with Gasteiger partial charge in [-0.15, -0.1) is 11.8 Å². The van der Waals surface area contributed by atoms with Crippen LogP contribution in [0.25, 0.3) is 0 Å². The molecular weight excluding hydrogens is 299 g/mol. The van der Waals surface area contributed by atoms with E-state index in [0.29, 0.717) is 12.1 Å². The van der Waals surface area contributed by atoms with E-state index in [1.807, 2.05) is 31.2 Å². The number of para-hydroxylation sites is 1. The van der Waals surface area contributed by atoms with Gasteiger partial charge in [0.15, 0.2) is 0 Å². The molecule has 3 rings (SSSR count). The van der Waals surface area contributed by atoms with E-state index < -0.39 is 0 Å². The molecule has 2 aromatic rings. The van der Waals surface area contributed by atoms with Crippen molar-refractivity contribution in [2.75, 3.05) is 17.6 Å². The highest BCUT2D eigenvalue weighted by Crippen LogP contribution is 2.39. The normalized spacial score (nSPS) is 17.5. The zero-order valence-corrected chi connectivity index (χ0v) is 13.1. The van der Waals surface area contributed by atoms with Gasteiger partial charge in [0.05, 0.1) is 0 Å². The van der Waals surface area contributed by atoms with Crippen LogP contribution in [0.5, 0.6) is 0 Å². The number of nitrogens with one attached hydrogen (secondary N) is 1. The lowest BCUT2D eigenvalue weighted by atomic mass is 10.2. The summed E-state index contributed by atoms with van der Waals surface area (Å²) in [5.74, 6) is 0.538. The van der Waals surface area contributed by atoms with Crippen molar-refractivity contribution in [3.63, 3.8) is 0 Å². The summed E-state index contributed by atoms with van der Waals surface area (Å²) < 4.78 is 14.0. The second-order valence-electron chi connectivity index (χ2n) is 5.18. The Balaban J connectivity index is 1.80. The molecule has 114 valence electrons. The molecule has 5 heteroatoms. The van der Waals surface area contributed by atoms with Crippen molar-refractivity contribution in [2.45, 2.75) is 12.3 Å². The highest BCUT2D eigenvalue weighted by atomic mass is 32.2. The molecule has 1 aliphatic rings. The standard InChI is InChI=1S/C17H17FN2OS/c1-12-6-2-5-9-15(12)19-17(21)20-10-11-22-16(20)13-7-3-4-8-14(13)18/h2-9,16H,10-11H2,1H3,(H,19,21)/t16-/m0/s1. The molecular formula is C17H17FN2OS. The molecule has 2 amide bonds. The van der Waals surface area contributed by atoms with Crippen LogP contribution in [0.4, 0.5) is 14.9 Å². The van der Waals surface area contributed by atoms with E-state index in [9.17, 15) is 9.18 Å². The van der Waals surface area contributed by atoms with Gasteiger partial charge in [-0.2, -0.15) is 0 Å². The van der Waals surface area contributed by atoms with Crippen LogP contribution in [0.15, 0.2) is 48.5 Å². The van der Waals surface area contributed by atoms with E-state index in [1.54, 1.807) is 34.9 Å². The SMILES string of the molecule is Cc1ccccc1NC(=O)N1CCS[C@H]1c1ccccc1F. The molecule has 0 unspecified atom stereocenters. The smallest absolute Gasteiger partial charge is 0.308 e. The van der Waals surface area contributed by atoms with Crippen LogP contribution < -0.4 is 5.32 Å². The molecule has 1 fully saturated rings. The van der Waals surface area contributed by atoms with E-state index in [2.05, 4.69) is 5.32 Å². The maximum Gasteiger partial charge on any atom is 0.323 e. The third-order valence-corrected chi connectivity index (χ3v) is 4.95. The Labute approximate surface area is 133 Å².